The first-order valence-corrected chi connectivity index (χ1v) is 22.9. The Bertz CT molecular complexity index is 1710. The van der Waals surface area contributed by atoms with Crippen LogP contribution < -0.4 is 16.0 Å². The summed E-state index contributed by atoms with van der Waals surface area (Å²) in [6.07, 6.45) is -10.3. The zero-order valence-electron chi connectivity index (χ0n) is 37.7. The first kappa shape index (κ1) is 53.5. The molecule has 0 aromatic carbocycles. The highest BCUT2D eigenvalue weighted by Crippen LogP contribution is 2.40. The predicted molar refractivity (Wildman–Crippen MR) is 225 cm³/mol. The van der Waals surface area contributed by atoms with E-state index in [4.69, 9.17) is 23.7 Å². The largest absolute Gasteiger partial charge is 0.479 e. The highest BCUT2D eigenvalue weighted by atomic mass is 16.7. The quantitative estimate of drug-likeness (QED) is 0.0502. The number of aliphatic hydroxyl groups is 8. The highest BCUT2D eigenvalue weighted by Gasteiger charge is 2.53. The summed E-state index contributed by atoms with van der Waals surface area (Å²) in [5.74, 6) is -4.17. The number of rotatable bonds is 22. The first-order valence-electron chi connectivity index (χ1n) is 22.9. The summed E-state index contributed by atoms with van der Waals surface area (Å²) >= 11 is 0. The van der Waals surface area contributed by atoms with Crippen molar-refractivity contribution in [2.75, 3.05) is 39.5 Å². The molecule has 3 heterocycles. The van der Waals surface area contributed by atoms with Crippen molar-refractivity contribution in [3.8, 4) is 0 Å². The highest BCUT2D eigenvalue weighted by molar-refractivity contribution is 5.91. The number of carbonyl (C=O) groups excluding carboxylic acids is 3. The molecule has 3 amide bonds. The Labute approximate surface area is 382 Å². The fourth-order valence-corrected chi connectivity index (χ4v) is 9.30. The van der Waals surface area contributed by atoms with Crippen LogP contribution in [0.15, 0.2) is 6.20 Å². The van der Waals surface area contributed by atoms with Crippen LogP contribution in [0.2, 0.25) is 0 Å². The van der Waals surface area contributed by atoms with Gasteiger partial charge in [0.05, 0.1) is 62.9 Å². The van der Waals surface area contributed by atoms with Crippen LogP contribution in [0.25, 0.3) is 0 Å². The smallest absolute Gasteiger partial charge is 0.332 e. The summed E-state index contributed by atoms with van der Waals surface area (Å²) in [7, 11) is 0. The summed E-state index contributed by atoms with van der Waals surface area (Å²) in [5, 5.41) is 109. The third kappa shape index (κ3) is 13.4. The topological polar surface area (TPSA) is 363 Å². The minimum atomic E-state index is -1.70. The van der Waals surface area contributed by atoms with E-state index >= 15 is 0 Å². The molecule has 4 aliphatic rings. The van der Waals surface area contributed by atoms with Crippen molar-refractivity contribution in [1.82, 2.24) is 30.9 Å². The van der Waals surface area contributed by atoms with Gasteiger partial charge in [-0.05, 0) is 38.0 Å². The number of amides is 3. The van der Waals surface area contributed by atoms with E-state index in [-0.39, 0.29) is 50.5 Å². The van der Waals surface area contributed by atoms with Crippen molar-refractivity contribution in [3.05, 3.63) is 11.9 Å². The van der Waals surface area contributed by atoms with E-state index in [0.29, 0.717) is 6.42 Å². The van der Waals surface area contributed by atoms with Gasteiger partial charge in [-0.25, -0.2) is 4.79 Å². The van der Waals surface area contributed by atoms with Crippen molar-refractivity contribution < 1.29 is 88.8 Å². The maximum Gasteiger partial charge on any atom is 0.332 e. The Morgan fingerprint density at radius 2 is 1.56 bits per heavy atom. The van der Waals surface area contributed by atoms with E-state index in [1.165, 1.54) is 24.7 Å². The van der Waals surface area contributed by atoms with Gasteiger partial charge in [0.1, 0.15) is 42.7 Å². The molecule has 66 heavy (non-hydrogen) atoms. The van der Waals surface area contributed by atoms with Gasteiger partial charge in [-0.3, -0.25) is 19.1 Å². The van der Waals surface area contributed by atoms with Crippen LogP contribution in [-0.2, 0) is 44.6 Å². The van der Waals surface area contributed by atoms with Crippen LogP contribution in [-0.4, -0.2) is 204 Å². The fraction of sp³-hybridized carbons (Fsp3) is 0.857. The molecule has 9 unspecified atom stereocenters. The SMILES string of the molecule is CCC1CC(C(=O)NCCNC(=O)c2cn(CC(CO)(CO)CO)nn2)C[C@@H](O[C@@H]2OC(CO)[C@H](O)C(O[C@@H](CC3CCCCC3)C(=O)O)C2NC(C)=O)C1O[C@@H]1OC(C)[C@@H](O)C(O)C1O. The lowest BCUT2D eigenvalue weighted by Gasteiger charge is -2.49. The second-order valence-electron chi connectivity index (χ2n) is 18.2. The van der Waals surface area contributed by atoms with Gasteiger partial charge in [0.2, 0.25) is 11.8 Å². The standard InChI is InChI=1S/C42H70N6O18/c1-4-24-13-25(37(58)43-10-11-44-38(59)26-15-48(47-46-26)17-42(18-50,19-51)20-52)14-27(35(24)66-41-34(57)33(56)31(54)21(2)62-41)64-40-30(45-22(3)53)36(32(55)29(16-49)65-40)63-28(39(60)61)12-23-8-6-5-7-9-23/h15,21,23-25,27-36,40-41,49-52,54-57H,4-14,16-20H2,1-3H3,(H,43,58)(H,44,59)(H,45,53)(H,60,61)/t21?,24?,25?,27-,28+,29?,30?,31-,32+,33?,34?,35?,36?,40-,41+/m1/s1. The number of aliphatic carboxylic acids is 1. The Morgan fingerprint density at radius 1 is 0.879 bits per heavy atom. The minimum absolute atomic E-state index is 0.0304. The molecule has 0 radical (unpaired) electrons. The number of carbonyl (C=O) groups is 4. The number of hydrogen-bond donors (Lipinski definition) is 12. The number of aliphatic hydroxyl groups excluding tert-OH is 8. The van der Waals surface area contributed by atoms with Gasteiger partial charge in [-0.15, -0.1) is 5.10 Å². The summed E-state index contributed by atoms with van der Waals surface area (Å²) in [6.45, 7) is 1.95. The van der Waals surface area contributed by atoms with E-state index in [1.54, 1.807) is 0 Å². The van der Waals surface area contributed by atoms with Crippen molar-refractivity contribution in [2.45, 2.75) is 165 Å². The van der Waals surface area contributed by atoms with Gasteiger partial charge >= 0.3 is 5.97 Å². The van der Waals surface area contributed by atoms with E-state index in [0.717, 1.165) is 32.1 Å². The summed E-state index contributed by atoms with van der Waals surface area (Å²) in [6, 6.07) is -1.36. The van der Waals surface area contributed by atoms with Crippen molar-refractivity contribution in [1.29, 1.82) is 0 Å². The van der Waals surface area contributed by atoms with Crippen LogP contribution in [0.3, 0.4) is 0 Å². The molecule has 2 saturated carbocycles. The Kier molecular flexibility index (Phi) is 20.0. The molecule has 376 valence electrons. The van der Waals surface area contributed by atoms with Crippen molar-refractivity contribution >= 4 is 23.7 Å². The predicted octanol–water partition coefficient (Wildman–Crippen LogP) is -3.49. The summed E-state index contributed by atoms with van der Waals surface area (Å²) in [5.41, 5.74) is -1.38. The van der Waals surface area contributed by atoms with E-state index < -0.39 is 147 Å². The molecule has 4 fully saturated rings. The molecule has 24 heteroatoms. The van der Waals surface area contributed by atoms with Gasteiger partial charge in [0.25, 0.3) is 5.91 Å². The molecule has 5 rings (SSSR count). The van der Waals surface area contributed by atoms with E-state index in [1.807, 2.05) is 6.92 Å². The van der Waals surface area contributed by atoms with Crippen LogP contribution in [0.4, 0.5) is 0 Å². The summed E-state index contributed by atoms with van der Waals surface area (Å²) in [4.78, 5) is 52.1. The average Bonchev–Trinajstić information content (AvgIpc) is 3.78. The van der Waals surface area contributed by atoms with Crippen LogP contribution in [0.1, 0.15) is 89.0 Å². The number of nitrogens with zero attached hydrogens (tertiary/aromatic N) is 3. The molecule has 24 nitrogen and oxygen atoms in total. The Hall–Kier alpha value is -3.50. The molecule has 2 aliphatic carbocycles. The number of nitrogens with one attached hydrogen (secondary N) is 3. The molecule has 2 saturated heterocycles. The molecule has 2 aliphatic heterocycles. The number of carboxylic acids is 1. The zero-order valence-corrected chi connectivity index (χ0v) is 37.7. The van der Waals surface area contributed by atoms with Crippen molar-refractivity contribution in [3.63, 3.8) is 0 Å². The van der Waals surface area contributed by atoms with Crippen molar-refractivity contribution in [2.24, 2.45) is 23.2 Å². The van der Waals surface area contributed by atoms with Gasteiger partial charge < -0.3 is 85.6 Å². The Balaban J connectivity index is 1.35. The lowest BCUT2D eigenvalue weighted by Crippen LogP contribution is -2.67. The third-order valence-electron chi connectivity index (χ3n) is 13.3. The maximum absolute atomic E-state index is 13.9. The van der Waals surface area contributed by atoms with E-state index in [9.17, 15) is 65.1 Å². The maximum atomic E-state index is 13.9. The minimum Gasteiger partial charge on any atom is -0.479 e. The van der Waals surface area contributed by atoms with Crippen LogP contribution >= 0.6 is 0 Å². The zero-order chi connectivity index (χ0) is 48.3. The van der Waals surface area contributed by atoms with E-state index in [2.05, 4.69) is 26.3 Å². The van der Waals surface area contributed by atoms with Gasteiger partial charge in [-0.2, -0.15) is 0 Å². The number of ether oxygens (including phenoxy) is 5. The molecular weight excluding hydrogens is 876 g/mol. The number of aromatic nitrogens is 3. The molecule has 0 bridgehead atoms. The molecule has 12 N–H and O–H groups in total. The number of carboxylic acid groups (broad SMARTS) is 1. The monoisotopic (exact) mass is 946 g/mol. The molecular formula is C42H70N6O18. The molecule has 1 aromatic rings. The van der Waals surface area contributed by atoms with Crippen LogP contribution in [0, 0.1) is 23.2 Å². The summed E-state index contributed by atoms with van der Waals surface area (Å²) < 4.78 is 32.3. The Morgan fingerprint density at radius 3 is 2.18 bits per heavy atom. The average molecular weight is 947 g/mol. The third-order valence-corrected chi connectivity index (χ3v) is 13.3. The molecule has 1 aromatic heterocycles. The molecule has 0 spiro atoms. The second kappa shape index (κ2) is 24.7. The first-order chi connectivity index (χ1) is 31.5. The second-order valence-corrected chi connectivity index (χ2v) is 18.2. The lowest BCUT2D eigenvalue weighted by molar-refractivity contribution is -0.338. The van der Waals surface area contributed by atoms with Gasteiger partial charge in [0.15, 0.2) is 24.4 Å². The lowest BCUT2D eigenvalue weighted by atomic mass is 9.75. The molecule has 15 atom stereocenters. The normalized spacial score (nSPS) is 33.7. The van der Waals surface area contributed by atoms with Gasteiger partial charge in [-0.1, -0.05) is 50.7 Å². The van der Waals surface area contributed by atoms with Gasteiger partial charge in [0, 0.05) is 25.9 Å². The number of hydrogen-bond acceptors (Lipinski definition) is 19. The van der Waals surface area contributed by atoms with Crippen LogP contribution in [0.5, 0.6) is 0 Å². The fourth-order valence-electron chi connectivity index (χ4n) is 9.30.